The van der Waals surface area contributed by atoms with E-state index < -0.39 is 18.1 Å². The third kappa shape index (κ3) is 6.33. The van der Waals surface area contributed by atoms with Gasteiger partial charge in [-0.05, 0) is 6.92 Å². The molecule has 0 aliphatic heterocycles. The molecule has 0 aromatic rings. The number of carbonyl (C=O) groups is 2. The highest BCUT2D eigenvalue weighted by molar-refractivity contribution is 5.81. The second-order valence-electron chi connectivity index (χ2n) is 3.36. The number of carboxylic acids is 1. The number of carboxylic acid groups (broad SMARTS) is 1. The van der Waals surface area contributed by atoms with Crippen molar-refractivity contribution in [3.8, 4) is 0 Å². The molecule has 0 rings (SSSR count). The van der Waals surface area contributed by atoms with Gasteiger partial charge in [-0.15, -0.1) is 0 Å². The van der Waals surface area contributed by atoms with Crippen LogP contribution in [-0.2, 0) is 14.3 Å². The molecule has 0 saturated carbocycles. The summed E-state index contributed by atoms with van der Waals surface area (Å²) in [4.78, 5) is 21.8. The van der Waals surface area contributed by atoms with Crippen LogP contribution in [0.2, 0.25) is 0 Å². The average molecular weight is 233 g/mol. The molecule has 2 unspecified atom stereocenters. The number of methoxy groups -OCH3 is 1. The van der Waals surface area contributed by atoms with Crippen molar-refractivity contribution in [1.82, 2.24) is 10.6 Å². The Morgan fingerprint density at radius 2 is 2.12 bits per heavy atom. The molecule has 0 aliphatic rings. The molecule has 2 atom stereocenters. The lowest BCUT2D eigenvalue weighted by molar-refractivity contribution is -0.138. The second-order valence-corrected chi connectivity index (χ2v) is 3.36. The van der Waals surface area contributed by atoms with Gasteiger partial charge in [-0.3, -0.25) is 9.59 Å². The van der Waals surface area contributed by atoms with E-state index in [1.165, 1.54) is 0 Å². The SMILES string of the molecule is COCCNC(=O)C(C)NCC(N)C(=O)O. The van der Waals surface area contributed by atoms with E-state index in [2.05, 4.69) is 10.6 Å². The Bertz CT molecular complexity index is 235. The molecule has 0 heterocycles. The molecule has 0 radical (unpaired) electrons. The van der Waals surface area contributed by atoms with Gasteiger partial charge in [-0.25, -0.2) is 0 Å². The summed E-state index contributed by atoms with van der Waals surface area (Å²) in [5.74, 6) is -1.31. The highest BCUT2D eigenvalue weighted by atomic mass is 16.5. The Morgan fingerprint density at radius 3 is 2.62 bits per heavy atom. The first kappa shape index (κ1) is 14.8. The van der Waals surface area contributed by atoms with E-state index in [0.717, 1.165) is 0 Å². The standard InChI is InChI=1S/C9H19N3O4/c1-6(8(13)11-3-4-16-2)12-5-7(10)9(14)15/h6-7,12H,3-5,10H2,1-2H3,(H,11,13)(H,14,15). The normalized spacial score (nSPS) is 14.2. The van der Waals surface area contributed by atoms with E-state index in [-0.39, 0.29) is 12.5 Å². The fraction of sp³-hybridized carbons (Fsp3) is 0.778. The molecule has 0 spiro atoms. The van der Waals surface area contributed by atoms with Crippen LogP contribution in [0.25, 0.3) is 0 Å². The summed E-state index contributed by atoms with van der Waals surface area (Å²) in [5, 5.41) is 13.9. The summed E-state index contributed by atoms with van der Waals surface area (Å²) in [5.41, 5.74) is 5.27. The number of hydrogen-bond donors (Lipinski definition) is 4. The van der Waals surface area contributed by atoms with Crippen LogP contribution < -0.4 is 16.4 Å². The van der Waals surface area contributed by atoms with Crippen molar-refractivity contribution in [3.63, 3.8) is 0 Å². The van der Waals surface area contributed by atoms with Crippen LogP contribution in [0.15, 0.2) is 0 Å². The van der Waals surface area contributed by atoms with Crippen LogP contribution in [0, 0.1) is 0 Å². The molecule has 7 heteroatoms. The van der Waals surface area contributed by atoms with Gasteiger partial charge in [0.05, 0.1) is 12.6 Å². The minimum atomic E-state index is -1.10. The van der Waals surface area contributed by atoms with Crippen molar-refractivity contribution in [2.24, 2.45) is 5.73 Å². The van der Waals surface area contributed by atoms with Gasteiger partial charge in [-0.1, -0.05) is 0 Å². The Kier molecular flexibility index (Phi) is 7.44. The van der Waals surface area contributed by atoms with Gasteiger partial charge in [0.1, 0.15) is 6.04 Å². The van der Waals surface area contributed by atoms with Crippen molar-refractivity contribution < 1.29 is 19.4 Å². The summed E-state index contributed by atoms with van der Waals surface area (Å²) in [6.45, 7) is 2.55. The molecular weight excluding hydrogens is 214 g/mol. The Balaban J connectivity index is 3.74. The number of hydrogen-bond acceptors (Lipinski definition) is 5. The molecule has 0 aliphatic carbocycles. The van der Waals surface area contributed by atoms with E-state index >= 15 is 0 Å². The first-order chi connectivity index (χ1) is 7.49. The second kappa shape index (κ2) is 8.03. The maximum absolute atomic E-state index is 11.4. The molecule has 7 nitrogen and oxygen atoms in total. The first-order valence-corrected chi connectivity index (χ1v) is 4.97. The van der Waals surface area contributed by atoms with Gasteiger partial charge >= 0.3 is 5.97 Å². The van der Waals surface area contributed by atoms with Crippen LogP contribution in [0.3, 0.4) is 0 Å². The molecule has 0 bridgehead atoms. The average Bonchev–Trinajstić information content (AvgIpc) is 2.25. The smallest absolute Gasteiger partial charge is 0.321 e. The molecule has 16 heavy (non-hydrogen) atoms. The van der Waals surface area contributed by atoms with Crippen molar-refractivity contribution in [2.75, 3.05) is 26.8 Å². The zero-order valence-electron chi connectivity index (χ0n) is 9.53. The monoisotopic (exact) mass is 233 g/mol. The fourth-order valence-corrected chi connectivity index (χ4v) is 0.913. The molecule has 94 valence electrons. The van der Waals surface area contributed by atoms with Gasteiger partial charge in [0, 0.05) is 20.2 Å². The summed E-state index contributed by atoms with van der Waals surface area (Å²) >= 11 is 0. The number of aliphatic carboxylic acids is 1. The number of ether oxygens (including phenoxy) is 1. The van der Waals surface area contributed by atoms with Gasteiger partial charge in [0.2, 0.25) is 5.91 Å². The number of carbonyl (C=O) groups excluding carboxylic acids is 1. The van der Waals surface area contributed by atoms with Crippen LogP contribution in [-0.4, -0.2) is 55.9 Å². The number of rotatable bonds is 8. The quantitative estimate of drug-likeness (QED) is 0.366. The third-order valence-electron chi connectivity index (χ3n) is 1.96. The number of nitrogens with two attached hydrogens (primary N) is 1. The summed E-state index contributed by atoms with van der Waals surface area (Å²) in [7, 11) is 1.54. The predicted molar refractivity (Wildman–Crippen MR) is 58.0 cm³/mol. The van der Waals surface area contributed by atoms with E-state index in [9.17, 15) is 9.59 Å². The number of nitrogens with one attached hydrogen (secondary N) is 2. The molecule has 0 saturated heterocycles. The van der Waals surface area contributed by atoms with E-state index in [0.29, 0.717) is 13.2 Å². The highest BCUT2D eigenvalue weighted by Crippen LogP contribution is 1.84. The maximum Gasteiger partial charge on any atom is 0.321 e. The molecule has 0 fully saturated rings. The topological polar surface area (TPSA) is 114 Å². The molecule has 1 amide bonds. The first-order valence-electron chi connectivity index (χ1n) is 4.97. The van der Waals surface area contributed by atoms with Crippen LogP contribution in [0.4, 0.5) is 0 Å². The minimum absolute atomic E-state index is 0.0498. The van der Waals surface area contributed by atoms with Crippen LogP contribution in [0.5, 0.6) is 0 Å². The van der Waals surface area contributed by atoms with Gasteiger partial charge in [-0.2, -0.15) is 0 Å². The lowest BCUT2D eigenvalue weighted by Crippen LogP contribution is -2.49. The molecule has 5 N–H and O–H groups in total. The van der Waals surface area contributed by atoms with E-state index in [1.54, 1.807) is 14.0 Å². The summed E-state index contributed by atoms with van der Waals surface area (Å²) < 4.78 is 4.77. The van der Waals surface area contributed by atoms with Crippen molar-refractivity contribution in [3.05, 3.63) is 0 Å². The third-order valence-corrected chi connectivity index (χ3v) is 1.96. The minimum Gasteiger partial charge on any atom is -0.480 e. The zero-order chi connectivity index (χ0) is 12.6. The Morgan fingerprint density at radius 1 is 1.50 bits per heavy atom. The summed E-state index contributed by atoms with van der Waals surface area (Å²) in [6, 6.07) is -1.49. The van der Waals surface area contributed by atoms with Gasteiger partial charge in [0.25, 0.3) is 0 Å². The lowest BCUT2D eigenvalue weighted by Gasteiger charge is -2.15. The van der Waals surface area contributed by atoms with Crippen molar-refractivity contribution in [1.29, 1.82) is 0 Å². The molecule has 0 aromatic carbocycles. The maximum atomic E-state index is 11.4. The van der Waals surface area contributed by atoms with Crippen molar-refractivity contribution >= 4 is 11.9 Å². The summed E-state index contributed by atoms with van der Waals surface area (Å²) in [6.07, 6.45) is 0. The van der Waals surface area contributed by atoms with Gasteiger partial charge in [0.15, 0.2) is 0 Å². The van der Waals surface area contributed by atoms with E-state index in [1.807, 2.05) is 0 Å². The molecule has 0 aromatic heterocycles. The van der Waals surface area contributed by atoms with Crippen molar-refractivity contribution in [2.45, 2.75) is 19.0 Å². The predicted octanol–water partition coefficient (Wildman–Crippen LogP) is -1.86. The van der Waals surface area contributed by atoms with Crippen LogP contribution >= 0.6 is 0 Å². The molecular formula is C9H19N3O4. The number of amides is 1. The Labute approximate surface area is 94.3 Å². The van der Waals surface area contributed by atoms with Gasteiger partial charge < -0.3 is 26.2 Å². The fourth-order valence-electron chi connectivity index (χ4n) is 0.913. The largest absolute Gasteiger partial charge is 0.480 e. The Hall–Kier alpha value is -1.18. The lowest BCUT2D eigenvalue weighted by atomic mass is 10.2. The zero-order valence-corrected chi connectivity index (χ0v) is 9.53. The van der Waals surface area contributed by atoms with E-state index in [4.69, 9.17) is 15.6 Å². The van der Waals surface area contributed by atoms with Crippen LogP contribution in [0.1, 0.15) is 6.92 Å². The highest BCUT2D eigenvalue weighted by Gasteiger charge is 2.16.